The lowest BCUT2D eigenvalue weighted by Crippen LogP contribution is -2.26. The van der Waals surface area contributed by atoms with Crippen LogP contribution in [-0.2, 0) is 0 Å². The van der Waals surface area contributed by atoms with E-state index in [0.717, 1.165) is 0 Å². The van der Waals surface area contributed by atoms with Gasteiger partial charge in [0.05, 0.1) is 0 Å². The minimum absolute atomic E-state index is 0.537. The molecule has 0 N–H and O–H groups in total. The van der Waals surface area contributed by atoms with Crippen LogP contribution in [0, 0.1) is 0 Å². The molecule has 0 unspecified atom stereocenters. The summed E-state index contributed by atoms with van der Waals surface area (Å²) >= 11 is 0. The van der Waals surface area contributed by atoms with Crippen molar-refractivity contribution in [3.05, 3.63) is 231 Å². The van der Waals surface area contributed by atoms with Crippen LogP contribution >= 0.6 is 0 Å². The minimum Gasteiger partial charge on any atom is -0.0631 e. The molecule has 12 aromatic rings. The predicted octanol–water partition coefficient (Wildman–Crippen LogP) is 14.9. The van der Waals surface area contributed by atoms with E-state index in [1.54, 1.807) is 0 Å². The Balaban J connectivity index is 1.19. The standard InChI is InChI=1S/C60H38Si/c1-2-19-49(20-3-1)61-50-30-31-56-58(38-50)59(54-24-12-13-25-55(54)60(56)57-37-45-18-8-9-21-51(45)52-22-10-11-23-53(52)57)48-35-46(43-28-26-39-14-4-6-16-41(39)32-43)34-47(36-48)44-29-27-40-15-5-7-17-42(40)33-44/h1-38H. The maximum atomic E-state index is 2.49. The molecule has 12 rings (SSSR count). The van der Waals surface area contributed by atoms with E-state index < -0.39 is 0 Å². The molecule has 0 aliphatic carbocycles. The van der Waals surface area contributed by atoms with Crippen LogP contribution in [0.15, 0.2) is 231 Å². The van der Waals surface area contributed by atoms with Crippen molar-refractivity contribution in [1.82, 2.24) is 0 Å². The van der Waals surface area contributed by atoms with Crippen LogP contribution in [0.3, 0.4) is 0 Å². The van der Waals surface area contributed by atoms with E-state index in [0.29, 0.717) is 9.52 Å². The lowest BCUT2D eigenvalue weighted by Gasteiger charge is -2.21. The molecule has 0 saturated heterocycles. The molecule has 282 valence electrons. The Morgan fingerprint density at radius 1 is 0.213 bits per heavy atom. The SMILES string of the molecule is c1ccc([Si]c2ccc3c(-c4cc5ccccc5c5ccccc45)c4ccccc4c(-c4cc(-c5ccc6ccccc6c5)cc(-c5ccc6ccccc6c5)c4)c3c2)cc1. The largest absolute Gasteiger partial charge is 0.121 e. The van der Waals surface area contributed by atoms with Crippen LogP contribution in [0.2, 0.25) is 0 Å². The summed E-state index contributed by atoms with van der Waals surface area (Å²) in [5.41, 5.74) is 9.86. The van der Waals surface area contributed by atoms with E-state index >= 15 is 0 Å². The first kappa shape index (κ1) is 35.4. The molecule has 0 atom stereocenters. The van der Waals surface area contributed by atoms with Crippen molar-refractivity contribution in [2.75, 3.05) is 0 Å². The maximum absolute atomic E-state index is 2.49. The van der Waals surface area contributed by atoms with Gasteiger partial charge in [-0.25, -0.2) is 0 Å². The van der Waals surface area contributed by atoms with Gasteiger partial charge in [0.15, 0.2) is 0 Å². The molecule has 0 saturated carbocycles. The quantitative estimate of drug-likeness (QED) is 0.0895. The monoisotopic (exact) mass is 786 g/mol. The van der Waals surface area contributed by atoms with Gasteiger partial charge in [0.2, 0.25) is 0 Å². The first-order valence-electron chi connectivity index (χ1n) is 21.1. The van der Waals surface area contributed by atoms with Crippen LogP contribution < -0.4 is 10.4 Å². The van der Waals surface area contributed by atoms with E-state index in [2.05, 4.69) is 231 Å². The molecule has 0 aliphatic rings. The Morgan fingerprint density at radius 2 is 0.705 bits per heavy atom. The number of rotatable bonds is 6. The van der Waals surface area contributed by atoms with Crippen molar-refractivity contribution in [3.8, 4) is 44.5 Å². The topological polar surface area (TPSA) is 0 Å². The van der Waals surface area contributed by atoms with Crippen LogP contribution in [0.5, 0.6) is 0 Å². The zero-order valence-corrected chi connectivity index (χ0v) is 34.4. The lowest BCUT2D eigenvalue weighted by molar-refractivity contribution is 1.60. The van der Waals surface area contributed by atoms with E-state index in [4.69, 9.17) is 0 Å². The normalized spacial score (nSPS) is 11.7. The molecule has 0 nitrogen and oxygen atoms in total. The summed E-state index contributed by atoms with van der Waals surface area (Å²) in [7, 11) is 0.537. The highest BCUT2D eigenvalue weighted by Gasteiger charge is 2.21. The average Bonchev–Trinajstić information content (AvgIpc) is 3.33. The van der Waals surface area contributed by atoms with Crippen molar-refractivity contribution < 1.29 is 0 Å². The third-order valence-corrected chi connectivity index (χ3v) is 13.7. The van der Waals surface area contributed by atoms with Crippen molar-refractivity contribution in [3.63, 3.8) is 0 Å². The molecule has 0 amide bonds. The molecular weight excluding hydrogens is 749 g/mol. The summed E-state index contributed by atoms with van der Waals surface area (Å²) in [4.78, 5) is 0. The number of hydrogen-bond donors (Lipinski definition) is 0. The average molecular weight is 787 g/mol. The molecule has 0 aliphatic heterocycles. The summed E-state index contributed by atoms with van der Waals surface area (Å²) in [5.74, 6) is 0. The first-order chi connectivity index (χ1) is 30.2. The zero-order chi connectivity index (χ0) is 40.3. The van der Waals surface area contributed by atoms with E-state index in [-0.39, 0.29) is 0 Å². The van der Waals surface area contributed by atoms with Gasteiger partial charge in [-0.15, -0.1) is 0 Å². The van der Waals surface area contributed by atoms with Crippen LogP contribution in [0.1, 0.15) is 0 Å². The molecule has 0 bridgehead atoms. The fraction of sp³-hybridized carbons (Fsp3) is 0. The highest BCUT2D eigenvalue weighted by molar-refractivity contribution is 6.67. The predicted molar refractivity (Wildman–Crippen MR) is 265 cm³/mol. The molecule has 1 heteroatoms. The molecule has 0 spiro atoms. The van der Waals surface area contributed by atoms with E-state index in [1.165, 1.54) is 120 Å². The highest BCUT2D eigenvalue weighted by Crippen LogP contribution is 2.47. The molecule has 0 heterocycles. The number of hydrogen-bond acceptors (Lipinski definition) is 0. The summed E-state index contributed by atoms with van der Waals surface area (Å²) in [6, 6.07) is 85.9. The Labute approximate surface area is 357 Å². The Bertz CT molecular complexity index is 3580. The molecule has 61 heavy (non-hydrogen) atoms. The van der Waals surface area contributed by atoms with Gasteiger partial charge in [-0.1, -0.05) is 204 Å². The number of fused-ring (bicyclic) bond motifs is 7. The summed E-state index contributed by atoms with van der Waals surface area (Å²) < 4.78 is 0. The Kier molecular flexibility index (Phi) is 8.47. The van der Waals surface area contributed by atoms with Crippen molar-refractivity contribution >= 4 is 84.5 Å². The van der Waals surface area contributed by atoms with Crippen molar-refractivity contribution in [2.24, 2.45) is 0 Å². The highest BCUT2D eigenvalue weighted by atomic mass is 28.2. The Morgan fingerprint density at radius 3 is 1.36 bits per heavy atom. The summed E-state index contributed by atoms with van der Waals surface area (Å²) in [6.07, 6.45) is 0. The summed E-state index contributed by atoms with van der Waals surface area (Å²) in [6.45, 7) is 0. The number of benzene rings is 12. The van der Waals surface area contributed by atoms with Gasteiger partial charge in [-0.2, -0.15) is 0 Å². The smallest absolute Gasteiger partial charge is 0.0631 e. The van der Waals surface area contributed by atoms with Crippen LogP contribution in [0.4, 0.5) is 0 Å². The van der Waals surface area contributed by atoms with Gasteiger partial charge in [0.25, 0.3) is 0 Å². The van der Waals surface area contributed by atoms with E-state index in [1.807, 2.05) is 0 Å². The van der Waals surface area contributed by atoms with Gasteiger partial charge in [0, 0.05) is 0 Å². The van der Waals surface area contributed by atoms with Gasteiger partial charge < -0.3 is 0 Å². The third-order valence-electron chi connectivity index (χ3n) is 12.5. The molecule has 0 fully saturated rings. The zero-order valence-electron chi connectivity index (χ0n) is 33.4. The van der Waals surface area contributed by atoms with Crippen molar-refractivity contribution in [1.29, 1.82) is 0 Å². The lowest BCUT2D eigenvalue weighted by atomic mass is 9.83. The minimum atomic E-state index is 0.537. The summed E-state index contributed by atoms with van der Waals surface area (Å²) in [5, 5.41) is 17.8. The van der Waals surface area contributed by atoms with Gasteiger partial charge in [-0.05, 0) is 146 Å². The fourth-order valence-corrected chi connectivity index (χ4v) is 10.7. The van der Waals surface area contributed by atoms with Gasteiger partial charge >= 0.3 is 0 Å². The second kappa shape index (κ2) is 14.6. The molecule has 12 aromatic carbocycles. The Hall–Kier alpha value is -7.58. The fourth-order valence-electron chi connectivity index (χ4n) is 9.65. The molecular formula is C60H38Si. The van der Waals surface area contributed by atoms with E-state index in [9.17, 15) is 0 Å². The van der Waals surface area contributed by atoms with Gasteiger partial charge in [-0.3, -0.25) is 0 Å². The second-order valence-electron chi connectivity index (χ2n) is 16.2. The first-order valence-corrected chi connectivity index (χ1v) is 22.1. The van der Waals surface area contributed by atoms with Crippen LogP contribution in [0.25, 0.3) is 109 Å². The van der Waals surface area contributed by atoms with Crippen LogP contribution in [-0.4, -0.2) is 9.52 Å². The second-order valence-corrected chi connectivity index (χ2v) is 17.6. The van der Waals surface area contributed by atoms with Crippen molar-refractivity contribution in [2.45, 2.75) is 0 Å². The molecule has 0 aromatic heterocycles. The van der Waals surface area contributed by atoms with Gasteiger partial charge in [0.1, 0.15) is 9.52 Å². The molecule has 2 radical (unpaired) electrons. The maximum Gasteiger partial charge on any atom is 0.121 e. The third kappa shape index (κ3) is 6.21.